The van der Waals surface area contributed by atoms with E-state index in [1.54, 1.807) is 0 Å². The van der Waals surface area contributed by atoms with E-state index in [4.69, 9.17) is 4.74 Å². The number of aliphatic carboxylic acids is 1. The molecule has 0 spiro atoms. The first-order valence-electron chi connectivity index (χ1n) is 8.23. The second-order valence-electron chi connectivity index (χ2n) is 7.34. The van der Waals surface area contributed by atoms with E-state index in [9.17, 15) is 9.90 Å². The highest BCUT2D eigenvalue weighted by molar-refractivity contribution is 5.73. The lowest BCUT2D eigenvalue weighted by Crippen LogP contribution is -2.29. The molecule has 3 heteroatoms. The van der Waals surface area contributed by atoms with E-state index in [2.05, 4.69) is 20.8 Å². The van der Waals surface area contributed by atoms with Crippen LogP contribution in [-0.2, 0) is 16.6 Å². The first-order chi connectivity index (χ1) is 11.2. The molecule has 0 fully saturated rings. The third kappa shape index (κ3) is 4.60. The zero-order valence-electron chi connectivity index (χ0n) is 15.1. The fourth-order valence-electron chi connectivity index (χ4n) is 2.52. The molecule has 0 unspecified atom stereocenters. The highest BCUT2D eigenvalue weighted by Crippen LogP contribution is 2.25. The van der Waals surface area contributed by atoms with Crippen molar-refractivity contribution in [1.82, 2.24) is 0 Å². The van der Waals surface area contributed by atoms with Crippen LogP contribution in [0.4, 0.5) is 0 Å². The summed E-state index contributed by atoms with van der Waals surface area (Å²) in [6, 6.07) is 13.7. The highest BCUT2D eigenvalue weighted by atomic mass is 16.5. The molecule has 24 heavy (non-hydrogen) atoms. The van der Waals surface area contributed by atoms with Crippen LogP contribution in [0.2, 0.25) is 0 Å². The van der Waals surface area contributed by atoms with Crippen LogP contribution in [0.1, 0.15) is 43.0 Å². The maximum atomic E-state index is 11.6. The van der Waals surface area contributed by atoms with Gasteiger partial charge in [0.2, 0.25) is 0 Å². The number of benzene rings is 2. The van der Waals surface area contributed by atoms with Crippen LogP contribution in [0.3, 0.4) is 0 Å². The molecule has 0 radical (unpaired) electrons. The van der Waals surface area contributed by atoms with Crippen molar-refractivity contribution in [1.29, 1.82) is 0 Å². The van der Waals surface area contributed by atoms with Gasteiger partial charge in [0.15, 0.2) is 6.10 Å². The van der Waals surface area contributed by atoms with Crippen molar-refractivity contribution in [2.24, 2.45) is 0 Å². The van der Waals surface area contributed by atoms with Gasteiger partial charge in [-0.05, 0) is 53.6 Å². The van der Waals surface area contributed by atoms with Gasteiger partial charge in [-0.15, -0.1) is 0 Å². The fourth-order valence-corrected chi connectivity index (χ4v) is 2.52. The zero-order valence-corrected chi connectivity index (χ0v) is 15.1. The Balaban J connectivity index is 2.13. The molecule has 0 saturated heterocycles. The zero-order chi connectivity index (χ0) is 17.9. The van der Waals surface area contributed by atoms with Gasteiger partial charge in [-0.25, -0.2) is 4.79 Å². The Kier molecular flexibility index (Phi) is 5.33. The monoisotopic (exact) mass is 326 g/mol. The van der Waals surface area contributed by atoms with Crippen molar-refractivity contribution >= 4 is 5.97 Å². The Bertz CT molecular complexity index is 709. The highest BCUT2D eigenvalue weighted by Gasteiger charge is 2.21. The predicted molar refractivity (Wildman–Crippen MR) is 96.8 cm³/mol. The van der Waals surface area contributed by atoms with Gasteiger partial charge in [0.1, 0.15) is 5.75 Å². The van der Waals surface area contributed by atoms with E-state index in [1.807, 2.05) is 56.3 Å². The van der Waals surface area contributed by atoms with E-state index in [1.165, 1.54) is 11.1 Å². The molecule has 3 nitrogen and oxygen atoms in total. The normalized spacial score (nSPS) is 12.7. The Hall–Kier alpha value is -2.29. The summed E-state index contributed by atoms with van der Waals surface area (Å²) in [5, 5.41) is 9.48. The SMILES string of the molecule is Cc1ccc(C[C@H](Oc2ccc(C(C)(C)C)cc2)C(=O)O)cc1C. The van der Waals surface area contributed by atoms with Crippen LogP contribution >= 0.6 is 0 Å². The van der Waals surface area contributed by atoms with Gasteiger partial charge < -0.3 is 9.84 Å². The van der Waals surface area contributed by atoms with E-state index < -0.39 is 12.1 Å². The van der Waals surface area contributed by atoms with Gasteiger partial charge in [0.25, 0.3) is 0 Å². The van der Waals surface area contributed by atoms with E-state index in [-0.39, 0.29) is 5.41 Å². The molecule has 2 rings (SSSR count). The van der Waals surface area contributed by atoms with Crippen LogP contribution in [0.25, 0.3) is 0 Å². The first-order valence-corrected chi connectivity index (χ1v) is 8.23. The number of hydrogen-bond acceptors (Lipinski definition) is 2. The maximum Gasteiger partial charge on any atom is 0.345 e. The van der Waals surface area contributed by atoms with Gasteiger partial charge in [0.05, 0.1) is 0 Å². The molecule has 128 valence electrons. The van der Waals surface area contributed by atoms with E-state index in [0.717, 1.165) is 11.1 Å². The lowest BCUT2D eigenvalue weighted by molar-refractivity contribution is -0.145. The van der Waals surface area contributed by atoms with Crippen LogP contribution in [0.5, 0.6) is 5.75 Å². The predicted octanol–water partition coefficient (Wildman–Crippen LogP) is 4.68. The van der Waals surface area contributed by atoms with Crippen LogP contribution in [0, 0.1) is 13.8 Å². The van der Waals surface area contributed by atoms with Gasteiger partial charge in [-0.2, -0.15) is 0 Å². The third-order valence-corrected chi connectivity index (χ3v) is 4.27. The van der Waals surface area contributed by atoms with Crippen molar-refractivity contribution in [3.63, 3.8) is 0 Å². The summed E-state index contributed by atoms with van der Waals surface area (Å²) >= 11 is 0. The molecular weight excluding hydrogens is 300 g/mol. The quantitative estimate of drug-likeness (QED) is 0.868. The molecule has 0 aliphatic rings. The summed E-state index contributed by atoms with van der Waals surface area (Å²) in [6.07, 6.45) is -0.551. The number of carboxylic acid groups (broad SMARTS) is 1. The minimum absolute atomic E-state index is 0.0597. The second-order valence-corrected chi connectivity index (χ2v) is 7.34. The van der Waals surface area contributed by atoms with Crippen molar-refractivity contribution in [2.45, 2.75) is 52.6 Å². The van der Waals surface area contributed by atoms with Gasteiger partial charge >= 0.3 is 5.97 Å². The molecule has 0 aromatic heterocycles. The Morgan fingerprint density at radius 2 is 1.67 bits per heavy atom. The summed E-state index contributed by atoms with van der Waals surface area (Å²) < 4.78 is 5.72. The lowest BCUT2D eigenvalue weighted by Gasteiger charge is -2.20. The average Bonchev–Trinajstić information content (AvgIpc) is 2.50. The second kappa shape index (κ2) is 7.08. The van der Waals surface area contributed by atoms with Gasteiger partial charge in [-0.3, -0.25) is 0 Å². The van der Waals surface area contributed by atoms with Crippen LogP contribution in [0.15, 0.2) is 42.5 Å². The molecule has 0 saturated carbocycles. The maximum absolute atomic E-state index is 11.6. The summed E-state index contributed by atoms with van der Waals surface area (Å²) in [6.45, 7) is 10.5. The van der Waals surface area contributed by atoms with Crippen molar-refractivity contribution < 1.29 is 14.6 Å². The average molecular weight is 326 g/mol. The number of carboxylic acids is 1. The minimum atomic E-state index is -0.951. The van der Waals surface area contributed by atoms with Gasteiger partial charge in [-0.1, -0.05) is 51.1 Å². The summed E-state index contributed by atoms with van der Waals surface area (Å²) in [5.41, 5.74) is 4.58. The largest absolute Gasteiger partial charge is 0.478 e. The van der Waals surface area contributed by atoms with E-state index >= 15 is 0 Å². The van der Waals surface area contributed by atoms with E-state index in [0.29, 0.717) is 12.2 Å². The molecule has 0 heterocycles. The molecule has 0 aliphatic heterocycles. The smallest absolute Gasteiger partial charge is 0.345 e. The minimum Gasteiger partial charge on any atom is -0.478 e. The molecule has 0 amide bonds. The number of hydrogen-bond donors (Lipinski definition) is 1. The van der Waals surface area contributed by atoms with Crippen LogP contribution < -0.4 is 4.74 Å². The fraction of sp³-hybridized carbons (Fsp3) is 0.381. The Morgan fingerprint density at radius 3 is 2.17 bits per heavy atom. The molecular formula is C21H26O3. The molecule has 2 aromatic carbocycles. The number of aryl methyl sites for hydroxylation is 2. The molecule has 0 bridgehead atoms. The Morgan fingerprint density at radius 1 is 1.04 bits per heavy atom. The topological polar surface area (TPSA) is 46.5 Å². The molecule has 1 atom stereocenters. The summed E-state index contributed by atoms with van der Waals surface area (Å²) in [4.78, 5) is 11.6. The van der Waals surface area contributed by atoms with Crippen molar-refractivity contribution in [3.8, 4) is 5.75 Å². The molecule has 2 aromatic rings. The lowest BCUT2D eigenvalue weighted by atomic mass is 9.87. The molecule has 1 N–H and O–H groups in total. The number of carbonyl (C=O) groups is 1. The Labute approximate surface area is 144 Å². The third-order valence-electron chi connectivity index (χ3n) is 4.27. The summed E-state index contributed by atoms with van der Waals surface area (Å²) in [5.74, 6) is -0.368. The van der Waals surface area contributed by atoms with Crippen molar-refractivity contribution in [2.75, 3.05) is 0 Å². The standard InChI is InChI=1S/C21H26O3/c1-14-6-7-16(12-15(14)2)13-19(20(22)23)24-18-10-8-17(9-11-18)21(3,4)5/h6-12,19H,13H2,1-5H3,(H,22,23)/t19-/m0/s1. The number of rotatable bonds is 5. The van der Waals surface area contributed by atoms with Crippen LogP contribution in [-0.4, -0.2) is 17.2 Å². The first kappa shape index (κ1) is 18.1. The number of ether oxygens (including phenoxy) is 1. The molecule has 0 aliphatic carbocycles. The summed E-state index contributed by atoms with van der Waals surface area (Å²) in [7, 11) is 0. The van der Waals surface area contributed by atoms with Crippen molar-refractivity contribution in [3.05, 3.63) is 64.7 Å². The van der Waals surface area contributed by atoms with Gasteiger partial charge in [0, 0.05) is 6.42 Å².